The van der Waals surface area contributed by atoms with Crippen LogP contribution in [0.4, 0.5) is 5.82 Å². The summed E-state index contributed by atoms with van der Waals surface area (Å²) in [5.41, 5.74) is 2.19. The Balaban J connectivity index is 1.37. The molecule has 1 N–H and O–H groups in total. The van der Waals surface area contributed by atoms with Crippen LogP contribution in [0.25, 0.3) is 11.0 Å². The first kappa shape index (κ1) is 18.3. The van der Waals surface area contributed by atoms with Crippen LogP contribution in [0.3, 0.4) is 0 Å². The number of aliphatic imine (C=N–C) groups is 1. The second kappa shape index (κ2) is 8.73. The smallest absolute Gasteiger partial charge is 0.194 e. The quantitative estimate of drug-likeness (QED) is 0.546. The van der Waals surface area contributed by atoms with Gasteiger partial charge in [0, 0.05) is 45.5 Å². The predicted molar refractivity (Wildman–Crippen MR) is 114 cm³/mol. The summed E-state index contributed by atoms with van der Waals surface area (Å²) < 4.78 is 2.17. The molecule has 0 saturated carbocycles. The number of hydrogen-bond acceptors (Lipinski definition) is 4. The van der Waals surface area contributed by atoms with Crippen LogP contribution in [-0.2, 0) is 6.54 Å². The van der Waals surface area contributed by atoms with E-state index >= 15 is 0 Å². The Morgan fingerprint density at radius 1 is 1.04 bits per heavy atom. The van der Waals surface area contributed by atoms with E-state index in [4.69, 9.17) is 4.99 Å². The van der Waals surface area contributed by atoms with Crippen molar-refractivity contribution < 1.29 is 0 Å². The van der Waals surface area contributed by atoms with E-state index in [9.17, 15) is 0 Å². The second-order valence-electron chi connectivity index (χ2n) is 6.82. The number of hydrogen-bond donors (Lipinski definition) is 1. The summed E-state index contributed by atoms with van der Waals surface area (Å²) in [7, 11) is 0. The van der Waals surface area contributed by atoms with Gasteiger partial charge in [-0.25, -0.2) is 9.97 Å². The van der Waals surface area contributed by atoms with E-state index in [0.717, 1.165) is 68.6 Å². The van der Waals surface area contributed by atoms with Crippen LogP contribution in [-0.4, -0.2) is 64.7 Å². The zero-order valence-electron chi connectivity index (χ0n) is 16.3. The minimum Gasteiger partial charge on any atom is -0.357 e. The summed E-state index contributed by atoms with van der Waals surface area (Å²) in [6.45, 7) is 8.32. The molecule has 0 amide bonds. The highest BCUT2D eigenvalue weighted by Crippen LogP contribution is 2.13. The first-order valence-electron chi connectivity index (χ1n) is 9.94. The third kappa shape index (κ3) is 4.08. The molecule has 4 rings (SSSR count). The summed E-state index contributed by atoms with van der Waals surface area (Å²) in [6.07, 6.45) is 3.76. The number of guanidine groups is 1. The SMILES string of the molecule is CCNC(=NCCn1cnc2ccccc21)N1CCN(c2ccccn2)CC1. The fraction of sp³-hybridized carbons (Fsp3) is 0.381. The molecular formula is C21H27N7. The van der Waals surface area contributed by atoms with E-state index in [-0.39, 0.29) is 0 Å². The number of nitrogens with zero attached hydrogens (tertiary/aromatic N) is 6. The monoisotopic (exact) mass is 377 g/mol. The highest BCUT2D eigenvalue weighted by molar-refractivity contribution is 5.80. The molecule has 1 aliphatic rings. The lowest BCUT2D eigenvalue weighted by molar-refractivity contribution is 0.371. The van der Waals surface area contributed by atoms with Crippen molar-refractivity contribution in [1.82, 2.24) is 24.8 Å². The van der Waals surface area contributed by atoms with Crippen LogP contribution >= 0.6 is 0 Å². The topological polar surface area (TPSA) is 61.6 Å². The van der Waals surface area contributed by atoms with E-state index in [0.29, 0.717) is 0 Å². The highest BCUT2D eigenvalue weighted by atomic mass is 15.4. The van der Waals surface area contributed by atoms with Crippen molar-refractivity contribution in [2.45, 2.75) is 13.5 Å². The first-order valence-corrected chi connectivity index (χ1v) is 9.94. The molecule has 146 valence electrons. The van der Waals surface area contributed by atoms with Crippen LogP contribution in [0.2, 0.25) is 0 Å². The van der Waals surface area contributed by atoms with Crippen molar-refractivity contribution in [1.29, 1.82) is 0 Å². The van der Waals surface area contributed by atoms with Gasteiger partial charge in [0.15, 0.2) is 5.96 Å². The number of piperazine rings is 1. The Bertz CT molecular complexity index is 911. The first-order chi connectivity index (χ1) is 13.8. The van der Waals surface area contributed by atoms with Gasteiger partial charge in [-0.2, -0.15) is 0 Å². The largest absolute Gasteiger partial charge is 0.357 e. The molecule has 0 bridgehead atoms. The molecule has 1 aromatic carbocycles. The van der Waals surface area contributed by atoms with Gasteiger partial charge in [-0.05, 0) is 31.2 Å². The molecule has 0 spiro atoms. The Morgan fingerprint density at radius 2 is 1.86 bits per heavy atom. The maximum atomic E-state index is 4.87. The fourth-order valence-corrected chi connectivity index (χ4v) is 3.57. The zero-order chi connectivity index (χ0) is 19.2. The Labute approximate surface area is 165 Å². The number of fused-ring (bicyclic) bond motifs is 1. The summed E-state index contributed by atoms with van der Waals surface area (Å²) in [5, 5.41) is 3.44. The third-order valence-corrected chi connectivity index (χ3v) is 5.02. The Kier molecular flexibility index (Phi) is 5.70. The molecule has 3 aromatic rings. The number of aromatic nitrogens is 3. The van der Waals surface area contributed by atoms with Crippen LogP contribution in [0, 0.1) is 0 Å². The van der Waals surface area contributed by atoms with Crippen LogP contribution in [0.15, 0.2) is 60.0 Å². The lowest BCUT2D eigenvalue weighted by Gasteiger charge is -2.37. The second-order valence-corrected chi connectivity index (χ2v) is 6.82. The normalized spacial score (nSPS) is 15.2. The molecule has 0 radical (unpaired) electrons. The van der Waals surface area contributed by atoms with Gasteiger partial charge in [-0.3, -0.25) is 4.99 Å². The number of rotatable bonds is 5. The van der Waals surface area contributed by atoms with Crippen LogP contribution in [0.5, 0.6) is 0 Å². The molecule has 7 heteroatoms. The van der Waals surface area contributed by atoms with Gasteiger partial charge in [0.1, 0.15) is 5.82 Å². The van der Waals surface area contributed by atoms with E-state index < -0.39 is 0 Å². The van der Waals surface area contributed by atoms with Crippen molar-refractivity contribution in [3.63, 3.8) is 0 Å². The van der Waals surface area contributed by atoms with Gasteiger partial charge in [-0.15, -0.1) is 0 Å². The maximum absolute atomic E-state index is 4.87. The number of para-hydroxylation sites is 2. The van der Waals surface area contributed by atoms with Crippen molar-refractivity contribution >= 4 is 22.8 Å². The Hall–Kier alpha value is -3.09. The van der Waals surface area contributed by atoms with Crippen LogP contribution in [0.1, 0.15) is 6.92 Å². The van der Waals surface area contributed by atoms with Gasteiger partial charge in [0.2, 0.25) is 0 Å². The summed E-state index contributed by atoms with van der Waals surface area (Å²) >= 11 is 0. The number of benzene rings is 1. The van der Waals surface area contributed by atoms with Crippen molar-refractivity contribution in [3.05, 3.63) is 55.0 Å². The van der Waals surface area contributed by atoms with E-state index in [1.165, 1.54) is 0 Å². The summed E-state index contributed by atoms with van der Waals surface area (Å²) in [5.74, 6) is 2.05. The number of anilines is 1. The van der Waals surface area contributed by atoms with Gasteiger partial charge in [-0.1, -0.05) is 18.2 Å². The molecule has 28 heavy (non-hydrogen) atoms. The number of nitrogens with one attached hydrogen (secondary N) is 1. The molecule has 3 heterocycles. The third-order valence-electron chi connectivity index (χ3n) is 5.02. The van der Waals surface area contributed by atoms with Gasteiger partial charge >= 0.3 is 0 Å². The molecule has 0 unspecified atom stereocenters. The molecular weight excluding hydrogens is 350 g/mol. The van der Waals surface area contributed by atoms with Crippen molar-refractivity contribution in [2.24, 2.45) is 4.99 Å². The van der Waals surface area contributed by atoms with Crippen LogP contribution < -0.4 is 10.2 Å². The van der Waals surface area contributed by atoms with Gasteiger partial charge < -0.3 is 19.7 Å². The standard InChI is InChI=1S/C21H27N7/c1-2-22-21(24-11-12-28-17-25-18-7-3-4-8-19(18)28)27-15-13-26(14-16-27)20-9-5-6-10-23-20/h3-10,17H,2,11-16H2,1H3,(H,22,24). The minimum absolute atomic E-state index is 0.725. The highest BCUT2D eigenvalue weighted by Gasteiger charge is 2.20. The van der Waals surface area contributed by atoms with E-state index in [1.807, 2.05) is 36.8 Å². The maximum Gasteiger partial charge on any atom is 0.194 e. The van der Waals surface area contributed by atoms with Gasteiger partial charge in [0.25, 0.3) is 0 Å². The van der Waals surface area contributed by atoms with E-state index in [2.05, 4.69) is 54.8 Å². The van der Waals surface area contributed by atoms with Crippen molar-refractivity contribution in [2.75, 3.05) is 44.2 Å². The van der Waals surface area contributed by atoms with E-state index in [1.54, 1.807) is 0 Å². The average molecular weight is 377 g/mol. The number of imidazole rings is 1. The molecule has 1 saturated heterocycles. The molecule has 2 aromatic heterocycles. The minimum atomic E-state index is 0.725. The van der Waals surface area contributed by atoms with Gasteiger partial charge in [0.05, 0.1) is 23.9 Å². The number of pyridine rings is 1. The molecule has 0 atom stereocenters. The Morgan fingerprint density at radius 3 is 2.64 bits per heavy atom. The zero-order valence-corrected chi connectivity index (χ0v) is 16.3. The average Bonchev–Trinajstić information content (AvgIpc) is 3.17. The van der Waals surface area contributed by atoms with Crippen molar-refractivity contribution in [3.8, 4) is 0 Å². The lowest BCUT2D eigenvalue weighted by Crippen LogP contribution is -2.52. The fourth-order valence-electron chi connectivity index (χ4n) is 3.57. The lowest BCUT2D eigenvalue weighted by atomic mass is 10.3. The molecule has 1 aliphatic heterocycles. The summed E-state index contributed by atoms with van der Waals surface area (Å²) in [6, 6.07) is 14.3. The summed E-state index contributed by atoms with van der Waals surface area (Å²) in [4.78, 5) is 18.5. The predicted octanol–water partition coefficient (Wildman–Crippen LogP) is 2.22. The molecule has 7 nitrogen and oxygen atoms in total. The molecule has 0 aliphatic carbocycles. The molecule has 1 fully saturated rings.